The molecule has 2 heterocycles. The third-order valence-corrected chi connectivity index (χ3v) is 4.64. The predicted molar refractivity (Wildman–Crippen MR) is 91.2 cm³/mol. The van der Waals surface area contributed by atoms with Crippen molar-refractivity contribution in [2.75, 3.05) is 12.4 Å². The molecule has 1 aromatic heterocycles. The summed E-state index contributed by atoms with van der Waals surface area (Å²) in [4.78, 5) is 26.4. The maximum atomic E-state index is 14.3. The largest absolute Gasteiger partial charge is 0.338 e. The summed E-state index contributed by atoms with van der Waals surface area (Å²) in [6.45, 7) is 2.66. The Balaban J connectivity index is 1.87. The van der Waals surface area contributed by atoms with Crippen molar-refractivity contribution in [1.82, 2.24) is 14.7 Å². The minimum atomic E-state index is -0.629. The molecule has 2 atom stereocenters. The number of carbonyl (C=O) groups excluding carboxylic acids is 2. The van der Waals surface area contributed by atoms with Gasteiger partial charge >= 0.3 is 0 Å². The highest BCUT2D eigenvalue weighted by atomic mass is 19.1. The number of piperidine rings is 1. The Morgan fingerprint density at radius 3 is 2.80 bits per heavy atom. The normalized spacial score (nSPS) is 20.6. The quantitative estimate of drug-likeness (QED) is 0.927. The van der Waals surface area contributed by atoms with E-state index in [9.17, 15) is 14.0 Å². The Kier molecular flexibility index (Phi) is 4.83. The third kappa shape index (κ3) is 3.40. The lowest BCUT2D eigenvalue weighted by Crippen LogP contribution is -2.45. The lowest BCUT2D eigenvalue weighted by Gasteiger charge is -2.38. The van der Waals surface area contributed by atoms with E-state index in [1.54, 1.807) is 42.2 Å². The second kappa shape index (κ2) is 7.04. The maximum absolute atomic E-state index is 14.3. The van der Waals surface area contributed by atoms with Crippen molar-refractivity contribution in [3.05, 3.63) is 47.9 Å². The van der Waals surface area contributed by atoms with Crippen LogP contribution >= 0.6 is 0 Å². The minimum Gasteiger partial charge on any atom is -0.338 e. The highest BCUT2D eigenvalue weighted by Gasteiger charge is 2.40. The van der Waals surface area contributed by atoms with Gasteiger partial charge in [0.15, 0.2) is 5.82 Å². The summed E-state index contributed by atoms with van der Waals surface area (Å²) < 4.78 is 16.0. The number of aromatic nitrogens is 2. The highest BCUT2D eigenvalue weighted by Crippen LogP contribution is 2.37. The molecule has 7 heteroatoms. The number of nitrogens with zero attached hydrogens (tertiary/aromatic N) is 3. The first-order chi connectivity index (χ1) is 12.0. The van der Waals surface area contributed by atoms with Crippen LogP contribution in [0.5, 0.6) is 0 Å². The van der Waals surface area contributed by atoms with E-state index in [1.807, 2.05) is 6.92 Å². The van der Waals surface area contributed by atoms with Gasteiger partial charge < -0.3 is 10.2 Å². The van der Waals surface area contributed by atoms with Gasteiger partial charge in [0, 0.05) is 37.8 Å². The van der Waals surface area contributed by atoms with Crippen molar-refractivity contribution < 1.29 is 14.0 Å². The molecule has 1 fully saturated rings. The summed E-state index contributed by atoms with van der Waals surface area (Å²) in [6, 6.07) is 7.37. The summed E-state index contributed by atoms with van der Waals surface area (Å²) in [5.74, 6) is -0.839. The lowest BCUT2D eigenvalue weighted by atomic mass is 9.83. The van der Waals surface area contributed by atoms with Gasteiger partial charge in [-0.3, -0.25) is 14.3 Å². The highest BCUT2D eigenvalue weighted by molar-refractivity contribution is 5.94. The van der Waals surface area contributed by atoms with Gasteiger partial charge in [0.25, 0.3) is 0 Å². The van der Waals surface area contributed by atoms with Gasteiger partial charge in [0.1, 0.15) is 5.82 Å². The van der Waals surface area contributed by atoms with Crippen LogP contribution in [0, 0.1) is 11.7 Å². The van der Waals surface area contributed by atoms with Crippen molar-refractivity contribution in [1.29, 1.82) is 0 Å². The van der Waals surface area contributed by atoms with E-state index >= 15 is 0 Å². The van der Waals surface area contributed by atoms with E-state index in [1.165, 1.54) is 11.0 Å². The molecule has 2 amide bonds. The van der Waals surface area contributed by atoms with Crippen molar-refractivity contribution >= 4 is 17.6 Å². The van der Waals surface area contributed by atoms with Crippen molar-refractivity contribution in [3.63, 3.8) is 0 Å². The van der Waals surface area contributed by atoms with Gasteiger partial charge in [-0.25, -0.2) is 4.39 Å². The van der Waals surface area contributed by atoms with E-state index in [4.69, 9.17) is 0 Å². The van der Waals surface area contributed by atoms with Crippen LogP contribution in [0.4, 0.5) is 10.2 Å². The summed E-state index contributed by atoms with van der Waals surface area (Å²) in [6.07, 6.45) is 2.42. The van der Waals surface area contributed by atoms with E-state index in [-0.39, 0.29) is 18.2 Å². The number of benzene rings is 1. The molecule has 6 nitrogen and oxygen atoms in total. The second-order valence-corrected chi connectivity index (χ2v) is 6.16. The fraction of sp³-hybridized carbons (Fsp3) is 0.389. The molecule has 2 aromatic rings. The number of hydrogen-bond acceptors (Lipinski definition) is 3. The number of nitrogens with one attached hydrogen (secondary N) is 1. The Labute approximate surface area is 145 Å². The van der Waals surface area contributed by atoms with E-state index in [2.05, 4.69) is 10.4 Å². The molecule has 0 saturated carbocycles. The van der Waals surface area contributed by atoms with Gasteiger partial charge in [0.2, 0.25) is 11.8 Å². The molecule has 0 unspecified atom stereocenters. The number of rotatable bonds is 4. The monoisotopic (exact) mass is 344 g/mol. The first-order valence-corrected chi connectivity index (χ1v) is 8.35. The molecule has 1 aliphatic heterocycles. The molecule has 0 aliphatic carbocycles. The first-order valence-electron chi connectivity index (χ1n) is 8.35. The smallest absolute Gasteiger partial charge is 0.231 e. The van der Waals surface area contributed by atoms with Crippen LogP contribution in [0.25, 0.3) is 0 Å². The molecular weight excluding hydrogens is 323 g/mol. The topological polar surface area (TPSA) is 67.2 Å². The van der Waals surface area contributed by atoms with Gasteiger partial charge in [-0.05, 0) is 19.4 Å². The average molecular weight is 344 g/mol. The van der Waals surface area contributed by atoms with E-state index < -0.39 is 17.8 Å². The lowest BCUT2D eigenvalue weighted by molar-refractivity contribution is -0.140. The van der Waals surface area contributed by atoms with Crippen LogP contribution < -0.4 is 5.32 Å². The van der Waals surface area contributed by atoms with E-state index in [0.717, 1.165) is 0 Å². The molecular formula is C18H21FN4O2. The van der Waals surface area contributed by atoms with E-state index in [0.29, 0.717) is 24.3 Å². The molecule has 0 bridgehead atoms. The third-order valence-electron chi connectivity index (χ3n) is 4.64. The zero-order valence-electron chi connectivity index (χ0n) is 14.3. The van der Waals surface area contributed by atoms with Gasteiger partial charge in [-0.1, -0.05) is 18.2 Å². The number of amides is 2. The Hall–Kier alpha value is -2.70. The predicted octanol–water partition coefficient (Wildman–Crippen LogP) is 2.59. The number of anilines is 1. The molecule has 3 rings (SSSR count). The van der Waals surface area contributed by atoms with Gasteiger partial charge in [-0.15, -0.1) is 0 Å². The summed E-state index contributed by atoms with van der Waals surface area (Å²) >= 11 is 0. The zero-order valence-corrected chi connectivity index (χ0v) is 14.3. The number of hydrogen-bond donors (Lipinski definition) is 1. The summed E-state index contributed by atoms with van der Waals surface area (Å²) in [7, 11) is 1.62. The molecule has 1 saturated heterocycles. The first kappa shape index (κ1) is 17.1. The van der Waals surface area contributed by atoms with Crippen LogP contribution in [0.2, 0.25) is 0 Å². The molecule has 0 spiro atoms. The second-order valence-electron chi connectivity index (χ2n) is 6.16. The molecule has 1 aliphatic rings. The molecule has 0 radical (unpaired) electrons. The molecule has 25 heavy (non-hydrogen) atoms. The van der Waals surface area contributed by atoms with Crippen LogP contribution in [0.1, 0.15) is 31.4 Å². The van der Waals surface area contributed by atoms with Crippen molar-refractivity contribution in [2.45, 2.75) is 32.4 Å². The number of aryl methyl sites for hydroxylation is 1. The number of halogens is 1. The zero-order chi connectivity index (χ0) is 18.0. The van der Waals surface area contributed by atoms with Crippen LogP contribution in [0.3, 0.4) is 0 Å². The van der Waals surface area contributed by atoms with Crippen molar-refractivity contribution in [2.24, 2.45) is 5.92 Å². The average Bonchev–Trinajstić information content (AvgIpc) is 3.05. The van der Waals surface area contributed by atoms with Crippen LogP contribution in [-0.4, -0.2) is 33.5 Å². The van der Waals surface area contributed by atoms with Gasteiger partial charge in [-0.2, -0.15) is 5.10 Å². The fourth-order valence-corrected chi connectivity index (χ4v) is 3.28. The fourth-order valence-electron chi connectivity index (χ4n) is 3.28. The SMILES string of the molecule is CCn1ccc(NC(=O)[C@H]2CCC(=O)N(C)[C@@H]2c2ccccc2F)n1. The maximum Gasteiger partial charge on any atom is 0.231 e. The standard InChI is InChI=1S/C18H21FN4O2/c1-3-23-11-10-15(21-23)20-18(25)13-8-9-16(24)22(2)17(13)12-6-4-5-7-14(12)19/h4-7,10-11,13,17H,3,8-9H2,1-2H3,(H,20,21,25)/t13-,17+/m0/s1. The molecule has 1 aromatic carbocycles. The van der Waals surface area contributed by atoms with Crippen LogP contribution in [-0.2, 0) is 16.1 Å². The number of likely N-dealkylation sites (tertiary alicyclic amines) is 1. The Morgan fingerprint density at radius 2 is 2.12 bits per heavy atom. The van der Waals surface area contributed by atoms with Gasteiger partial charge in [0.05, 0.1) is 12.0 Å². The number of carbonyl (C=O) groups is 2. The Morgan fingerprint density at radius 1 is 1.36 bits per heavy atom. The van der Waals surface area contributed by atoms with Crippen LogP contribution in [0.15, 0.2) is 36.5 Å². The molecule has 132 valence electrons. The summed E-state index contributed by atoms with van der Waals surface area (Å²) in [5.41, 5.74) is 0.359. The molecule has 1 N–H and O–H groups in total. The summed E-state index contributed by atoms with van der Waals surface area (Å²) in [5, 5.41) is 7.03. The van der Waals surface area contributed by atoms with Crippen molar-refractivity contribution in [3.8, 4) is 0 Å². The Bertz CT molecular complexity index is 789. The minimum absolute atomic E-state index is 0.0902.